The minimum absolute atomic E-state index is 0.234. The van der Waals surface area contributed by atoms with Crippen LogP contribution < -0.4 is 10.6 Å². The predicted octanol–water partition coefficient (Wildman–Crippen LogP) is 2.15. The van der Waals surface area contributed by atoms with Gasteiger partial charge in [0, 0.05) is 19.3 Å². The van der Waals surface area contributed by atoms with Crippen molar-refractivity contribution >= 4 is 21.2 Å². The third-order valence-corrected chi connectivity index (χ3v) is 5.11. The highest BCUT2D eigenvalue weighted by Crippen LogP contribution is 2.34. The zero-order valence-corrected chi connectivity index (χ0v) is 12.6. The van der Waals surface area contributed by atoms with Gasteiger partial charge in [0.05, 0.1) is 16.3 Å². The Labute approximate surface area is 115 Å². The molecule has 1 unspecified atom stereocenters. The maximum atomic E-state index is 11.7. The normalized spacial score (nSPS) is 20.2. The van der Waals surface area contributed by atoms with Crippen LogP contribution in [0, 0.1) is 11.8 Å². The van der Waals surface area contributed by atoms with Crippen molar-refractivity contribution in [2.24, 2.45) is 11.8 Å². The van der Waals surface area contributed by atoms with Gasteiger partial charge < -0.3 is 10.6 Å². The molecular weight excluding hydrogens is 260 g/mol. The molecule has 0 saturated carbocycles. The van der Waals surface area contributed by atoms with Crippen LogP contribution in [0.1, 0.15) is 20.3 Å². The zero-order chi connectivity index (χ0) is 14.2. The molecule has 1 fully saturated rings. The van der Waals surface area contributed by atoms with Crippen LogP contribution in [-0.4, -0.2) is 27.8 Å². The Morgan fingerprint density at radius 2 is 2.05 bits per heavy atom. The zero-order valence-electron chi connectivity index (χ0n) is 11.8. The number of nitrogens with zero attached hydrogens (tertiary/aromatic N) is 1. The van der Waals surface area contributed by atoms with Crippen LogP contribution in [0.25, 0.3) is 0 Å². The Morgan fingerprint density at radius 3 is 2.58 bits per heavy atom. The minimum Gasteiger partial charge on any atom is -0.396 e. The first kappa shape index (κ1) is 14.2. The molecule has 4 nitrogen and oxygen atoms in total. The average Bonchev–Trinajstić information content (AvgIpc) is 2.77. The molecule has 2 N–H and O–H groups in total. The first-order valence-electron chi connectivity index (χ1n) is 6.64. The maximum absolute atomic E-state index is 11.7. The average molecular weight is 282 g/mol. The molecule has 1 aromatic carbocycles. The molecular formula is C14H22N2O2S. The molecule has 5 heteroatoms. The highest BCUT2D eigenvalue weighted by atomic mass is 32.2. The van der Waals surface area contributed by atoms with E-state index in [1.54, 1.807) is 12.1 Å². The molecule has 1 aromatic rings. The second-order valence-electron chi connectivity index (χ2n) is 5.70. The van der Waals surface area contributed by atoms with Crippen LogP contribution in [0.3, 0.4) is 0 Å². The summed E-state index contributed by atoms with van der Waals surface area (Å²) < 4.78 is 23.4. The van der Waals surface area contributed by atoms with Gasteiger partial charge in [0.25, 0.3) is 0 Å². The van der Waals surface area contributed by atoms with Crippen molar-refractivity contribution in [3.8, 4) is 0 Å². The molecule has 0 bridgehead atoms. The van der Waals surface area contributed by atoms with Gasteiger partial charge >= 0.3 is 0 Å². The van der Waals surface area contributed by atoms with Crippen LogP contribution in [0.15, 0.2) is 23.1 Å². The summed E-state index contributed by atoms with van der Waals surface area (Å²) in [6.45, 7) is 6.35. The van der Waals surface area contributed by atoms with E-state index in [1.807, 2.05) is 6.07 Å². The van der Waals surface area contributed by atoms with Crippen LogP contribution in [-0.2, 0) is 9.84 Å². The van der Waals surface area contributed by atoms with E-state index in [2.05, 4.69) is 18.7 Å². The number of anilines is 2. The Kier molecular flexibility index (Phi) is 3.76. The SMILES string of the molecule is CC(C)C1CCN(c2cccc(S(C)(=O)=O)c2N)C1. The quantitative estimate of drug-likeness (QED) is 0.863. The molecule has 19 heavy (non-hydrogen) atoms. The van der Waals surface area contributed by atoms with E-state index in [0.717, 1.165) is 25.2 Å². The molecule has 0 aliphatic carbocycles. The highest BCUT2D eigenvalue weighted by Gasteiger charge is 2.27. The van der Waals surface area contributed by atoms with E-state index >= 15 is 0 Å². The summed E-state index contributed by atoms with van der Waals surface area (Å²) in [5.74, 6) is 1.30. The van der Waals surface area contributed by atoms with E-state index in [0.29, 0.717) is 17.5 Å². The molecule has 106 valence electrons. The number of sulfone groups is 1. The molecule has 1 aliphatic heterocycles. The standard InChI is InChI=1S/C14H22N2O2S/c1-10(2)11-7-8-16(9-11)12-5-4-6-13(14(12)15)19(3,17)18/h4-6,10-11H,7-9,15H2,1-3H3. The summed E-state index contributed by atoms with van der Waals surface area (Å²) in [5.41, 5.74) is 7.29. The van der Waals surface area contributed by atoms with Crippen molar-refractivity contribution in [1.82, 2.24) is 0 Å². The van der Waals surface area contributed by atoms with Crippen LogP contribution in [0.2, 0.25) is 0 Å². The monoisotopic (exact) mass is 282 g/mol. The van der Waals surface area contributed by atoms with Gasteiger partial charge in [-0.2, -0.15) is 0 Å². The first-order chi connectivity index (χ1) is 8.80. The molecule has 0 spiro atoms. The smallest absolute Gasteiger partial charge is 0.177 e. The van der Waals surface area contributed by atoms with Gasteiger partial charge in [-0.15, -0.1) is 0 Å². The molecule has 0 radical (unpaired) electrons. The Balaban J connectivity index is 2.33. The molecule has 2 rings (SSSR count). The number of rotatable bonds is 3. The topological polar surface area (TPSA) is 63.4 Å². The number of nitrogens with two attached hydrogens (primary N) is 1. The van der Waals surface area contributed by atoms with E-state index < -0.39 is 9.84 Å². The maximum Gasteiger partial charge on any atom is 0.177 e. The van der Waals surface area contributed by atoms with Gasteiger partial charge in [0.2, 0.25) is 0 Å². The van der Waals surface area contributed by atoms with E-state index in [9.17, 15) is 8.42 Å². The minimum atomic E-state index is -3.27. The van der Waals surface area contributed by atoms with Gasteiger partial charge in [-0.25, -0.2) is 8.42 Å². The summed E-state index contributed by atoms with van der Waals surface area (Å²) in [7, 11) is -3.27. The van der Waals surface area contributed by atoms with Gasteiger partial charge in [-0.05, 0) is 30.4 Å². The highest BCUT2D eigenvalue weighted by molar-refractivity contribution is 7.90. The number of benzene rings is 1. The van der Waals surface area contributed by atoms with Gasteiger partial charge in [0.1, 0.15) is 0 Å². The first-order valence-corrected chi connectivity index (χ1v) is 8.53. The lowest BCUT2D eigenvalue weighted by Gasteiger charge is -2.22. The van der Waals surface area contributed by atoms with Gasteiger partial charge in [0.15, 0.2) is 9.84 Å². The van der Waals surface area contributed by atoms with Crippen molar-refractivity contribution in [1.29, 1.82) is 0 Å². The molecule has 1 saturated heterocycles. The second kappa shape index (κ2) is 5.04. The summed E-state index contributed by atoms with van der Waals surface area (Å²) in [5, 5.41) is 0. The number of para-hydroxylation sites is 1. The Morgan fingerprint density at radius 1 is 1.37 bits per heavy atom. The van der Waals surface area contributed by atoms with Crippen LogP contribution >= 0.6 is 0 Å². The van der Waals surface area contributed by atoms with Crippen molar-refractivity contribution in [2.45, 2.75) is 25.2 Å². The van der Waals surface area contributed by atoms with Crippen molar-refractivity contribution in [3.05, 3.63) is 18.2 Å². The lowest BCUT2D eigenvalue weighted by Crippen LogP contribution is -2.22. The number of hydrogen-bond donors (Lipinski definition) is 1. The molecule has 0 aromatic heterocycles. The number of hydrogen-bond acceptors (Lipinski definition) is 4. The van der Waals surface area contributed by atoms with E-state index in [1.165, 1.54) is 6.26 Å². The summed E-state index contributed by atoms with van der Waals surface area (Å²) in [6, 6.07) is 5.25. The van der Waals surface area contributed by atoms with Crippen molar-refractivity contribution in [3.63, 3.8) is 0 Å². The fourth-order valence-electron chi connectivity index (χ4n) is 2.68. The Hall–Kier alpha value is -1.23. The van der Waals surface area contributed by atoms with Crippen molar-refractivity contribution < 1.29 is 8.42 Å². The van der Waals surface area contributed by atoms with E-state index in [-0.39, 0.29) is 4.90 Å². The van der Waals surface area contributed by atoms with Gasteiger partial charge in [-0.1, -0.05) is 19.9 Å². The van der Waals surface area contributed by atoms with Crippen molar-refractivity contribution in [2.75, 3.05) is 30.0 Å². The molecule has 1 heterocycles. The third kappa shape index (κ3) is 2.86. The largest absolute Gasteiger partial charge is 0.396 e. The summed E-state index contributed by atoms with van der Waals surface area (Å²) >= 11 is 0. The van der Waals surface area contributed by atoms with E-state index in [4.69, 9.17) is 5.73 Å². The number of nitrogen functional groups attached to an aromatic ring is 1. The molecule has 0 amide bonds. The Bertz CT molecular complexity index is 567. The molecule has 1 atom stereocenters. The second-order valence-corrected chi connectivity index (χ2v) is 7.68. The van der Waals surface area contributed by atoms with Crippen LogP contribution in [0.5, 0.6) is 0 Å². The summed E-state index contributed by atoms with van der Waals surface area (Å²) in [4.78, 5) is 2.44. The lowest BCUT2D eigenvalue weighted by molar-refractivity contribution is 0.423. The van der Waals surface area contributed by atoms with Gasteiger partial charge in [-0.3, -0.25) is 0 Å². The lowest BCUT2D eigenvalue weighted by atomic mass is 9.95. The fourth-order valence-corrected chi connectivity index (χ4v) is 3.51. The fraction of sp³-hybridized carbons (Fsp3) is 0.571. The third-order valence-electron chi connectivity index (χ3n) is 3.95. The molecule has 1 aliphatic rings. The van der Waals surface area contributed by atoms with Crippen LogP contribution in [0.4, 0.5) is 11.4 Å². The summed E-state index contributed by atoms with van der Waals surface area (Å²) in [6.07, 6.45) is 2.34. The predicted molar refractivity (Wildman–Crippen MR) is 79.1 cm³/mol.